The van der Waals surface area contributed by atoms with Crippen LogP contribution in [0.2, 0.25) is 5.02 Å². The van der Waals surface area contributed by atoms with E-state index in [0.29, 0.717) is 30.6 Å². The Morgan fingerprint density at radius 3 is 2.77 bits per heavy atom. The van der Waals surface area contributed by atoms with E-state index in [2.05, 4.69) is 25.8 Å². The molecule has 0 amide bonds. The number of fused-ring (bicyclic) bond motifs is 1. The van der Waals surface area contributed by atoms with E-state index in [4.69, 9.17) is 11.6 Å². The van der Waals surface area contributed by atoms with E-state index in [-0.39, 0.29) is 0 Å². The maximum atomic E-state index is 10.3. The second kappa shape index (κ2) is 8.64. The van der Waals surface area contributed by atoms with Gasteiger partial charge in [-0.3, -0.25) is 4.40 Å². The van der Waals surface area contributed by atoms with Crippen LogP contribution in [0.5, 0.6) is 0 Å². The minimum atomic E-state index is -0.662. The van der Waals surface area contributed by atoms with Gasteiger partial charge in [-0.25, -0.2) is 4.99 Å². The number of guanidine groups is 1. The van der Waals surface area contributed by atoms with Gasteiger partial charge in [0.2, 0.25) is 0 Å². The maximum Gasteiger partial charge on any atom is 0.191 e. The van der Waals surface area contributed by atoms with Crippen molar-refractivity contribution in [3.05, 3.63) is 65.1 Å². The normalized spacial score (nSPS) is 13.0. The lowest BCUT2D eigenvalue weighted by Crippen LogP contribution is -2.39. The zero-order valence-electron chi connectivity index (χ0n) is 14.4. The van der Waals surface area contributed by atoms with Crippen LogP contribution < -0.4 is 10.6 Å². The van der Waals surface area contributed by atoms with Crippen LogP contribution >= 0.6 is 11.6 Å². The quantitative estimate of drug-likeness (QED) is 0.456. The predicted molar refractivity (Wildman–Crippen MR) is 102 cm³/mol. The molecule has 2 aromatic heterocycles. The van der Waals surface area contributed by atoms with Gasteiger partial charge in [0.25, 0.3) is 0 Å². The van der Waals surface area contributed by atoms with Crippen LogP contribution in [0.4, 0.5) is 0 Å². The molecular formula is C18H21ClN6O. The van der Waals surface area contributed by atoms with Crippen molar-refractivity contribution >= 4 is 23.2 Å². The number of nitrogens with zero attached hydrogens (tertiary/aromatic N) is 4. The topological polar surface area (TPSA) is 86.8 Å². The third kappa shape index (κ3) is 4.50. The first-order valence-electron chi connectivity index (χ1n) is 8.41. The Kier molecular flexibility index (Phi) is 6.04. The molecule has 26 heavy (non-hydrogen) atoms. The first-order valence-corrected chi connectivity index (χ1v) is 8.79. The molecule has 136 valence electrons. The van der Waals surface area contributed by atoms with Gasteiger partial charge in [0.15, 0.2) is 17.4 Å². The molecule has 1 unspecified atom stereocenters. The van der Waals surface area contributed by atoms with Gasteiger partial charge in [0.1, 0.15) is 6.54 Å². The lowest BCUT2D eigenvalue weighted by molar-refractivity contribution is 0.181. The van der Waals surface area contributed by atoms with Crippen molar-refractivity contribution in [3.8, 4) is 0 Å². The molecule has 1 atom stereocenters. The van der Waals surface area contributed by atoms with Crippen LogP contribution in [0.3, 0.4) is 0 Å². The number of aromatic nitrogens is 3. The van der Waals surface area contributed by atoms with Crippen molar-refractivity contribution in [1.29, 1.82) is 0 Å². The van der Waals surface area contributed by atoms with Crippen LogP contribution in [-0.4, -0.2) is 38.8 Å². The molecule has 0 radical (unpaired) electrons. The van der Waals surface area contributed by atoms with E-state index >= 15 is 0 Å². The summed E-state index contributed by atoms with van der Waals surface area (Å²) in [4.78, 5) is 4.52. The van der Waals surface area contributed by atoms with E-state index in [1.807, 2.05) is 35.7 Å². The number of rotatable bonds is 6. The Hall–Kier alpha value is -2.64. The Labute approximate surface area is 156 Å². The van der Waals surface area contributed by atoms with Gasteiger partial charge in [0, 0.05) is 24.3 Å². The number of aliphatic imine (C=N–C) groups is 1. The van der Waals surface area contributed by atoms with Gasteiger partial charge in [-0.15, -0.1) is 10.2 Å². The fourth-order valence-electron chi connectivity index (χ4n) is 2.49. The van der Waals surface area contributed by atoms with Gasteiger partial charge in [-0.05, 0) is 36.8 Å². The average molecular weight is 373 g/mol. The highest BCUT2D eigenvalue weighted by Crippen LogP contribution is 2.15. The van der Waals surface area contributed by atoms with Crippen molar-refractivity contribution < 1.29 is 5.11 Å². The number of halogens is 1. The highest BCUT2D eigenvalue weighted by atomic mass is 35.5. The van der Waals surface area contributed by atoms with Crippen molar-refractivity contribution in [1.82, 2.24) is 25.2 Å². The predicted octanol–water partition coefficient (Wildman–Crippen LogP) is 2.17. The van der Waals surface area contributed by atoms with Crippen LogP contribution in [0, 0.1) is 0 Å². The molecule has 7 nitrogen and oxygen atoms in total. The zero-order valence-corrected chi connectivity index (χ0v) is 15.2. The summed E-state index contributed by atoms with van der Waals surface area (Å²) in [5, 5.41) is 25.5. The molecular weight excluding hydrogens is 352 g/mol. The van der Waals surface area contributed by atoms with Gasteiger partial charge in [0.05, 0.1) is 6.10 Å². The number of hydrogen-bond acceptors (Lipinski definition) is 4. The highest BCUT2D eigenvalue weighted by Gasteiger charge is 2.09. The molecule has 8 heteroatoms. The Bertz CT molecular complexity index is 877. The lowest BCUT2D eigenvalue weighted by Gasteiger charge is -2.15. The number of aliphatic hydroxyl groups is 1. The largest absolute Gasteiger partial charge is 0.387 e. The van der Waals surface area contributed by atoms with Crippen LogP contribution in [-0.2, 0) is 6.54 Å². The molecule has 3 rings (SSSR count). The molecule has 0 saturated heterocycles. The second-order valence-corrected chi connectivity index (χ2v) is 6.12. The van der Waals surface area contributed by atoms with Gasteiger partial charge < -0.3 is 15.7 Å². The lowest BCUT2D eigenvalue weighted by atomic mass is 10.1. The smallest absolute Gasteiger partial charge is 0.191 e. The molecule has 0 bridgehead atoms. The molecule has 0 saturated carbocycles. The molecule has 2 heterocycles. The molecule has 0 fully saturated rings. The minimum absolute atomic E-state index is 0.327. The van der Waals surface area contributed by atoms with Crippen molar-refractivity contribution in [2.24, 2.45) is 4.99 Å². The van der Waals surface area contributed by atoms with Crippen LogP contribution in [0.25, 0.3) is 5.65 Å². The Balaban J connectivity index is 1.64. The molecule has 3 N–H and O–H groups in total. The van der Waals surface area contributed by atoms with Crippen molar-refractivity contribution in [2.75, 3.05) is 13.1 Å². The van der Waals surface area contributed by atoms with E-state index < -0.39 is 6.10 Å². The van der Waals surface area contributed by atoms with E-state index in [1.165, 1.54) is 0 Å². The summed E-state index contributed by atoms with van der Waals surface area (Å²) in [5.74, 6) is 1.35. The van der Waals surface area contributed by atoms with E-state index in [0.717, 1.165) is 17.0 Å². The molecule has 3 aromatic rings. The number of aliphatic hydroxyl groups excluding tert-OH is 1. The van der Waals surface area contributed by atoms with E-state index in [9.17, 15) is 5.11 Å². The van der Waals surface area contributed by atoms with E-state index in [1.54, 1.807) is 24.3 Å². The second-order valence-electron chi connectivity index (χ2n) is 5.69. The number of hydrogen-bond donors (Lipinski definition) is 3. The summed E-state index contributed by atoms with van der Waals surface area (Å²) in [7, 11) is 0. The zero-order chi connectivity index (χ0) is 18.4. The number of nitrogens with one attached hydrogen (secondary N) is 2. The average Bonchev–Trinajstić information content (AvgIpc) is 3.07. The Morgan fingerprint density at radius 2 is 2.00 bits per heavy atom. The summed E-state index contributed by atoms with van der Waals surface area (Å²) in [6, 6.07) is 12.9. The first kappa shape index (κ1) is 18.2. The summed E-state index contributed by atoms with van der Waals surface area (Å²) >= 11 is 5.88. The monoisotopic (exact) mass is 372 g/mol. The summed E-state index contributed by atoms with van der Waals surface area (Å²) in [5.41, 5.74) is 1.58. The van der Waals surface area contributed by atoms with Gasteiger partial charge >= 0.3 is 0 Å². The molecule has 0 aliphatic rings. The third-order valence-corrected chi connectivity index (χ3v) is 4.08. The minimum Gasteiger partial charge on any atom is -0.387 e. The van der Waals surface area contributed by atoms with Crippen molar-refractivity contribution in [3.63, 3.8) is 0 Å². The molecule has 0 aliphatic carbocycles. The number of pyridine rings is 1. The van der Waals surface area contributed by atoms with Gasteiger partial charge in [-0.1, -0.05) is 29.8 Å². The molecule has 1 aromatic carbocycles. The van der Waals surface area contributed by atoms with Crippen molar-refractivity contribution in [2.45, 2.75) is 19.6 Å². The summed E-state index contributed by atoms with van der Waals surface area (Å²) in [6.07, 6.45) is 1.25. The standard InChI is InChI=1S/C18H21ClN6O/c1-2-20-18(21-11-15(26)13-6-8-14(19)9-7-13)22-12-17-24-23-16-5-3-4-10-25(16)17/h3-10,15,26H,2,11-12H2,1H3,(H2,20,21,22). The van der Waals surface area contributed by atoms with Crippen LogP contribution in [0.1, 0.15) is 24.4 Å². The fraction of sp³-hybridized carbons (Fsp3) is 0.278. The maximum absolute atomic E-state index is 10.3. The summed E-state index contributed by atoms with van der Waals surface area (Å²) < 4.78 is 1.90. The first-order chi connectivity index (χ1) is 12.7. The fourth-order valence-corrected chi connectivity index (χ4v) is 2.61. The highest BCUT2D eigenvalue weighted by molar-refractivity contribution is 6.30. The Morgan fingerprint density at radius 1 is 1.19 bits per heavy atom. The molecule has 0 spiro atoms. The van der Waals surface area contributed by atoms with Crippen LogP contribution in [0.15, 0.2) is 53.7 Å². The SMILES string of the molecule is CCNC(=NCc1nnc2ccccn12)NCC(O)c1ccc(Cl)cc1. The number of benzene rings is 1. The molecule has 0 aliphatic heterocycles. The summed E-state index contributed by atoms with van der Waals surface area (Å²) in [6.45, 7) is 3.40. The van der Waals surface area contributed by atoms with Gasteiger partial charge in [-0.2, -0.15) is 0 Å². The third-order valence-electron chi connectivity index (χ3n) is 3.82.